The van der Waals surface area contributed by atoms with Crippen LogP contribution in [0.5, 0.6) is 17.2 Å². The third-order valence-corrected chi connectivity index (χ3v) is 6.17. The van der Waals surface area contributed by atoms with Crippen LogP contribution in [0, 0.1) is 13.8 Å². The molecule has 8 heteroatoms. The van der Waals surface area contributed by atoms with Crippen molar-refractivity contribution in [3.8, 4) is 17.2 Å². The molecule has 1 atom stereocenters. The van der Waals surface area contributed by atoms with E-state index in [-0.39, 0.29) is 17.9 Å². The molecule has 186 valence electrons. The maximum absolute atomic E-state index is 14.0. The van der Waals surface area contributed by atoms with Crippen LogP contribution in [-0.4, -0.2) is 45.1 Å². The summed E-state index contributed by atoms with van der Waals surface area (Å²) in [5.41, 5.74) is 3.19. The molecule has 3 amide bonds. The Kier molecular flexibility index (Phi) is 6.96. The Bertz CT molecular complexity index is 1280. The van der Waals surface area contributed by atoms with Gasteiger partial charge in [0.2, 0.25) is 11.7 Å². The van der Waals surface area contributed by atoms with Gasteiger partial charge in [0.15, 0.2) is 11.5 Å². The number of aryl methyl sites for hydroxylation is 2. The molecular weight excluding hydrogens is 460 g/mol. The van der Waals surface area contributed by atoms with Crippen LogP contribution >= 0.6 is 0 Å². The lowest BCUT2D eigenvalue weighted by Gasteiger charge is -2.28. The van der Waals surface area contributed by atoms with Crippen molar-refractivity contribution in [2.45, 2.75) is 26.3 Å². The second kappa shape index (κ2) is 10.1. The Morgan fingerprint density at radius 2 is 1.36 bits per heavy atom. The van der Waals surface area contributed by atoms with Crippen molar-refractivity contribution in [2.24, 2.45) is 0 Å². The first-order chi connectivity index (χ1) is 17.3. The smallest absolute Gasteiger partial charge is 0.259 e. The lowest BCUT2D eigenvalue weighted by atomic mass is 10.1. The molecule has 0 aromatic heterocycles. The third kappa shape index (κ3) is 4.49. The molecule has 8 nitrogen and oxygen atoms in total. The Morgan fingerprint density at radius 1 is 0.833 bits per heavy atom. The van der Waals surface area contributed by atoms with E-state index in [4.69, 9.17) is 14.2 Å². The molecule has 1 heterocycles. The van der Waals surface area contributed by atoms with Gasteiger partial charge in [0, 0.05) is 11.3 Å². The molecule has 4 rings (SSSR count). The number of anilines is 2. The number of hydrogen-bond acceptors (Lipinski definition) is 6. The minimum Gasteiger partial charge on any atom is -0.493 e. The first-order valence-corrected chi connectivity index (χ1v) is 11.4. The van der Waals surface area contributed by atoms with E-state index >= 15 is 0 Å². The van der Waals surface area contributed by atoms with Gasteiger partial charge in [0.05, 0.1) is 33.4 Å². The van der Waals surface area contributed by atoms with Crippen molar-refractivity contribution < 1.29 is 28.6 Å². The summed E-state index contributed by atoms with van der Waals surface area (Å²) in [7, 11) is 4.40. The number of imide groups is 1. The van der Waals surface area contributed by atoms with Crippen molar-refractivity contribution in [3.05, 3.63) is 77.4 Å². The van der Waals surface area contributed by atoms with Gasteiger partial charge in [-0.2, -0.15) is 0 Å². The molecule has 0 N–H and O–H groups in total. The quantitative estimate of drug-likeness (QED) is 0.461. The predicted octanol–water partition coefficient (Wildman–Crippen LogP) is 4.31. The van der Waals surface area contributed by atoms with Crippen LogP contribution in [0.1, 0.15) is 27.9 Å². The van der Waals surface area contributed by atoms with E-state index < -0.39 is 17.9 Å². The predicted molar refractivity (Wildman–Crippen MR) is 136 cm³/mol. The van der Waals surface area contributed by atoms with Gasteiger partial charge >= 0.3 is 0 Å². The van der Waals surface area contributed by atoms with Gasteiger partial charge in [-0.15, -0.1) is 0 Å². The molecule has 0 aliphatic carbocycles. The number of amides is 3. The van der Waals surface area contributed by atoms with E-state index in [0.717, 1.165) is 16.0 Å². The zero-order chi connectivity index (χ0) is 26.0. The summed E-state index contributed by atoms with van der Waals surface area (Å²) in [6.45, 7) is 3.86. The summed E-state index contributed by atoms with van der Waals surface area (Å²) in [4.78, 5) is 43.1. The van der Waals surface area contributed by atoms with Crippen LogP contribution in [0.15, 0.2) is 60.7 Å². The van der Waals surface area contributed by atoms with Crippen LogP contribution in [0.2, 0.25) is 0 Å². The highest BCUT2D eigenvalue weighted by molar-refractivity contribution is 6.26. The monoisotopic (exact) mass is 488 g/mol. The number of carbonyl (C=O) groups is 3. The lowest BCUT2D eigenvalue weighted by Crippen LogP contribution is -2.46. The number of rotatable bonds is 7. The van der Waals surface area contributed by atoms with Gasteiger partial charge in [-0.3, -0.25) is 19.3 Å². The fourth-order valence-electron chi connectivity index (χ4n) is 4.27. The molecule has 3 aromatic rings. The van der Waals surface area contributed by atoms with E-state index in [1.165, 1.54) is 38.4 Å². The second-order valence-corrected chi connectivity index (χ2v) is 8.55. The van der Waals surface area contributed by atoms with E-state index in [9.17, 15) is 14.4 Å². The Hall–Kier alpha value is -4.33. The molecule has 1 saturated heterocycles. The van der Waals surface area contributed by atoms with Gasteiger partial charge in [-0.05, 0) is 50.2 Å². The standard InChI is InChI=1S/C28H28N2O6/c1-17-6-10-20(11-7-17)29(27(32)19-14-23(34-3)26(36-5)24(15-19)35-4)22-16-25(31)30(28(22)33)21-12-8-18(2)9-13-21/h6-15,22H,16H2,1-5H3. The summed E-state index contributed by atoms with van der Waals surface area (Å²) < 4.78 is 16.2. The summed E-state index contributed by atoms with van der Waals surface area (Å²) in [6.07, 6.45) is -0.142. The van der Waals surface area contributed by atoms with Gasteiger partial charge < -0.3 is 14.2 Å². The summed E-state index contributed by atoms with van der Waals surface area (Å²) >= 11 is 0. The van der Waals surface area contributed by atoms with Crippen molar-refractivity contribution >= 4 is 29.1 Å². The van der Waals surface area contributed by atoms with Crippen molar-refractivity contribution in [1.82, 2.24) is 0 Å². The highest BCUT2D eigenvalue weighted by atomic mass is 16.5. The number of methoxy groups -OCH3 is 3. The van der Waals surface area contributed by atoms with Crippen molar-refractivity contribution in [3.63, 3.8) is 0 Å². The zero-order valence-corrected chi connectivity index (χ0v) is 20.9. The maximum Gasteiger partial charge on any atom is 0.259 e. The topological polar surface area (TPSA) is 85.4 Å². The molecular formula is C28H28N2O6. The molecule has 1 aliphatic heterocycles. The van der Waals surface area contributed by atoms with Gasteiger partial charge in [-0.25, -0.2) is 4.90 Å². The minimum absolute atomic E-state index is 0.142. The molecule has 1 aliphatic rings. The van der Waals surface area contributed by atoms with Crippen LogP contribution in [0.3, 0.4) is 0 Å². The largest absolute Gasteiger partial charge is 0.493 e. The third-order valence-electron chi connectivity index (χ3n) is 6.17. The minimum atomic E-state index is -1.02. The molecule has 0 spiro atoms. The van der Waals surface area contributed by atoms with Gasteiger partial charge in [-0.1, -0.05) is 35.4 Å². The normalized spacial score (nSPS) is 15.1. The van der Waals surface area contributed by atoms with Crippen LogP contribution in [-0.2, 0) is 9.59 Å². The summed E-state index contributed by atoms with van der Waals surface area (Å²) in [5.74, 6) is -0.363. The maximum atomic E-state index is 14.0. The zero-order valence-electron chi connectivity index (χ0n) is 20.9. The summed E-state index contributed by atoms with van der Waals surface area (Å²) in [6, 6.07) is 16.4. The Balaban J connectivity index is 1.80. The molecule has 0 bridgehead atoms. The van der Waals surface area contributed by atoms with Crippen LogP contribution in [0.4, 0.5) is 11.4 Å². The highest BCUT2D eigenvalue weighted by Gasteiger charge is 2.45. The number of carbonyl (C=O) groups excluding carboxylic acids is 3. The Labute approximate surface area is 210 Å². The van der Waals surface area contributed by atoms with E-state index in [0.29, 0.717) is 28.6 Å². The lowest BCUT2D eigenvalue weighted by molar-refractivity contribution is -0.121. The number of nitrogens with zero attached hydrogens (tertiary/aromatic N) is 2. The number of ether oxygens (including phenoxy) is 3. The number of hydrogen-bond donors (Lipinski definition) is 0. The Morgan fingerprint density at radius 3 is 1.86 bits per heavy atom. The molecule has 1 unspecified atom stereocenters. The fraction of sp³-hybridized carbons (Fsp3) is 0.250. The molecule has 36 heavy (non-hydrogen) atoms. The average molecular weight is 489 g/mol. The van der Waals surface area contributed by atoms with Crippen LogP contribution < -0.4 is 24.0 Å². The molecule has 1 fully saturated rings. The molecule has 0 radical (unpaired) electrons. The van der Waals surface area contributed by atoms with Gasteiger partial charge in [0.1, 0.15) is 6.04 Å². The van der Waals surface area contributed by atoms with Crippen molar-refractivity contribution in [1.29, 1.82) is 0 Å². The highest BCUT2D eigenvalue weighted by Crippen LogP contribution is 2.39. The van der Waals surface area contributed by atoms with Crippen molar-refractivity contribution in [2.75, 3.05) is 31.1 Å². The van der Waals surface area contributed by atoms with E-state index in [1.807, 2.05) is 38.1 Å². The van der Waals surface area contributed by atoms with Crippen LogP contribution in [0.25, 0.3) is 0 Å². The second-order valence-electron chi connectivity index (χ2n) is 8.55. The number of benzene rings is 3. The van der Waals surface area contributed by atoms with E-state index in [1.54, 1.807) is 24.3 Å². The SMILES string of the molecule is COc1cc(C(=O)N(c2ccc(C)cc2)C2CC(=O)N(c3ccc(C)cc3)C2=O)cc(OC)c1OC. The average Bonchev–Trinajstić information content (AvgIpc) is 3.17. The fourth-order valence-corrected chi connectivity index (χ4v) is 4.27. The molecule has 3 aromatic carbocycles. The summed E-state index contributed by atoms with van der Waals surface area (Å²) in [5, 5.41) is 0. The first-order valence-electron chi connectivity index (χ1n) is 11.4. The first kappa shape index (κ1) is 24.8. The van der Waals surface area contributed by atoms with E-state index in [2.05, 4.69) is 0 Å². The molecule has 0 saturated carbocycles. The van der Waals surface area contributed by atoms with Gasteiger partial charge in [0.25, 0.3) is 11.8 Å².